The Balaban J connectivity index is 1.99. The molecule has 0 spiro atoms. The molecule has 0 saturated carbocycles. The van der Waals surface area contributed by atoms with E-state index < -0.39 is 5.97 Å². The van der Waals surface area contributed by atoms with Gasteiger partial charge in [0, 0.05) is 23.0 Å². The number of carbonyl (C=O) groups is 1. The standard InChI is InChI=1S/C14H12ClNO2S/c15-10-1-2-11(14(17)18)12(7-10)16-5-3-13-9(8-16)4-6-19-13/h1-2,4,6-7H,3,5,8H2,(H,17,18). The van der Waals surface area contributed by atoms with Gasteiger partial charge in [0.25, 0.3) is 0 Å². The Hall–Kier alpha value is -1.52. The molecule has 0 atom stereocenters. The summed E-state index contributed by atoms with van der Waals surface area (Å²) in [7, 11) is 0. The molecule has 19 heavy (non-hydrogen) atoms. The van der Waals surface area contributed by atoms with Gasteiger partial charge in [-0.1, -0.05) is 11.6 Å². The van der Waals surface area contributed by atoms with E-state index in [9.17, 15) is 9.90 Å². The zero-order chi connectivity index (χ0) is 13.4. The van der Waals surface area contributed by atoms with Crippen molar-refractivity contribution in [3.63, 3.8) is 0 Å². The molecule has 0 aliphatic carbocycles. The second-order valence-corrected chi connectivity index (χ2v) is 5.94. The van der Waals surface area contributed by atoms with E-state index in [2.05, 4.69) is 16.3 Å². The Morgan fingerprint density at radius 1 is 1.37 bits per heavy atom. The lowest BCUT2D eigenvalue weighted by Gasteiger charge is -2.30. The van der Waals surface area contributed by atoms with Crippen LogP contribution in [0.4, 0.5) is 5.69 Å². The lowest BCUT2D eigenvalue weighted by Crippen LogP contribution is -2.30. The van der Waals surface area contributed by atoms with Gasteiger partial charge in [-0.25, -0.2) is 4.79 Å². The number of hydrogen-bond donors (Lipinski definition) is 1. The van der Waals surface area contributed by atoms with Gasteiger partial charge in [-0.2, -0.15) is 0 Å². The molecule has 1 aliphatic heterocycles. The summed E-state index contributed by atoms with van der Waals surface area (Å²) in [5, 5.41) is 11.9. The van der Waals surface area contributed by atoms with Crippen LogP contribution in [0.25, 0.3) is 0 Å². The lowest BCUT2D eigenvalue weighted by atomic mass is 10.1. The highest BCUT2D eigenvalue weighted by Crippen LogP contribution is 2.31. The molecule has 1 aromatic heterocycles. The average molecular weight is 294 g/mol. The van der Waals surface area contributed by atoms with Crippen LogP contribution in [0.3, 0.4) is 0 Å². The van der Waals surface area contributed by atoms with Crippen molar-refractivity contribution in [2.45, 2.75) is 13.0 Å². The molecule has 1 N–H and O–H groups in total. The fourth-order valence-corrected chi connectivity index (χ4v) is 3.46. The number of fused-ring (bicyclic) bond motifs is 1. The SMILES string of the molecule is O=C(O)c1ccc(Cl)cc1N1CCc2sccc2C1. The highest BCUT2D eigenvalue weighted by Gasteiger charge is 2.21. The molecule has 0 unspecified atom stereocenters. The number of carboxylic acids is 1. The van der Waals surface area contributed by atoms with E-state index in [1.165, 1.54) is 10.4 Å². The molecular weight excluding hydrogens is 282 g/mol. The molecule has 3 nitrogen and oxygen atoms in total. The number of thiophene rings is 1. The molecule has 3 rings (SSSR count). The van der Waals surface area contributed by atoms with Crippen LogP contribution in [-0.4, -0.2) is 17.6 Å². The molecule has 1 aromatic carbocycles. The summed E-state index contributed by atoms with van der Waals surface area (Å²) in [5.41, 5.74) is 2.30. The van der Waals surface area contributed by atoms with Crippen molar-refractivity contribution < 1.29 is 9.90 Å². The van der Waals surface area contributed by atoms with Crippen molar-refractivity contribution >= 4 is 34.6 Å². The van der Waals surface area contributed by atoms with Crippen LogP contribution in [0.15, 0.2) is 29.6 Å². The Morgan fingerprint density at radius 2 is 2.21 bits per heavy atom. The quantitative estimate of drug-likeness (QED) is 0.918. The van der Waals surface area contributed by atoms with Crippen molar-refractivity contribution in [1.29, 1.82) is 0 Å². The molecule has 0 bridgehead atoms. The Bertz CT molecular complexity index is 638. The zero-order valence-electron chi connectivity index (χ0n) is 10.1. The highest BCUT2D eigenvalue weighted by atomic mass is 35.5. The third-order valence-electron chi connectivity index (χ3n) is 3.34. The Morgan fingerprint density at radius 3 is 3.00 bits per heavy atom. The summed E-state index contributed by atoms with van der Waals surface area (Å²) in [4.78, 5) is 14.8. The van der Waals surface area contributed by atoms with E-state index in [0.29, 0.717) is 16.3 Å². The van der Waals surface area contributed by atoms with Gasteiger partial charge in [0.1, 0.15) is 0 Å². The van der Waals surface area contributed by atoms with Crippen LogP contribution in [-0.2, 0) is 13.0 Å². The van der Waals surface area contributed by atoms with Gasteiger partial charge >= 0.3 is 5.97 Å². The summed E-state index contributed by atoms with van der Waals surface area (Å²) in [6.45, 7) is 1.58. The highest BCUT2D eigenvalue weighted by molar-refractivity contribution is 7.10. The Labute approximate surface area is 120 Å². The van der Waals surface area contributed by atoms with Crippen LogP contribution in [0.5, 0.6) is 0 Å². The molecule has 98 valence electrons. The molecule has 2 aromatic rings. The van der Waals surface area contributed by atoms with Gasteiger partial charge in [-0.3, -0.25) is 0 Å². The number of nitrogens with zero attached hydrogens (tertiary/aromatic N) is 1. The summed E-state index contributed by atoms with van der Waals surface area (Å²) < 4.78 is 0. The first-order valence-corrected chi connectivity index (χ1v) is 7.24. The third kappa shape index (κ3) is 2.33. The normalized spacial score (nSPS) is 14.3. The van der Waals surface area contributed by atoms with E-state index >= 15 is 0 Å². The predicted octanol–water partition coefficient (Wildman–Crippen LogP) is 3.66. The summed E-state index contributed by atoms with van der Waals surface area (Å²) in [6.07, 6.45) is 0.957. The van der Waals surface area contributed by atoms with Crippen LogP contribution < -0.4 is 4.90 Å². The van der Waals surface area contributed by atoms with Crippen molar-refractivity contribution in [3.8, 4) is 0 Å². The van der Waals surface area contributed by atoms with Gasteiger partial charge in [0.2, 0.25) is 0 Å². The van der Waals surface area contributed by atoms with Crippen LogP contribution in [0.1, 0.15) is 20.8 Å². The van der Waals surface area contributed by atoms with Crippen molar-refractivity contribution in [3.05, 3.63) is 50.7 Å². The maximum Gasteiger partial charge on any atom is 0.337 e. The molecule has 5 heteroatoms. The number of benzene rings is 1. The first-order valence-electron chi connectivity index (χ1n) is 5.98. The molecule has 0 amide bonds. The predicted molar refractivity (Wildman–Crippen MR) is 77.5 cm³/mol. The first-order chi connectivity index (χ1) is 9.15. The van der Waals surface area contributed by atoms with Crippen molar-refractivity contribution in [2.75, 3.05) is 11.4 Å². The smallest absolute Gasteiger partial charge is 0.337 e. The zero-order valence-corrected chi connectivity index (χ0v) is 11.7. The number of aromatic carboxylic acids is 1. The fraction of sp³-hybridized carbons (Fsp3) is 0.214. The number of rotatable bonds is 2. The first kappa shape index (κ1) is 12.5. The molecular formula is C14H12ClNO2S. The maximum absolute atomic E-state index is 11.3. The van der Waals surface area contributed by atoms with E-state index in [4.69, 9.17) is 11.6 Å². The van der Waals surface area contributed by atoms with Crippen molar-refractivity contribution in [1.82, 2.24) is 0 Å². The van der Waals surface area contributed by atoms with Gasteiger partial charge in [-0.15, -0.1) is 11.3 Å². The largest absolute Gasteiger partial charge is 0.478 e. The molecule has 0 radical (unpaired) electrons. The Kier molecular flexibility index (Phi) is 3.21. The number of hydrogen-bond acceptors (Lipinski definition) is 3. The second-order valence-electron chi connectivity index (χ2n) is 4.51. The minimum Gasteiger partial charge on any atom is -0.478 e. The van der Waals surface area contributed by atoms with Gasteiger partial charge in [0.15, 0.2) is 0 Å². The van der Waals surface area contributed by atoms with E-state index in [1.54, 1.807) is 29.5 Å². The lowest BCUT2D eigenvalue weighted by molar-refractivity contribution is 0.0697. The number of halogens is 1. The minimum absolute atomic E-state index is 0.308. The summed E-state index contributed by atoms with van der Waals surface area (Å²) in [6, 6.07) is 7.04. The topological polar surface area (TPSA) is 40.5 Å². The van der Waals surface area contributed by atoms with Gasteiger partial charge in [-0.05, 0) is 41.6 Å². The second kappa shape index (κ2) is 4.87. The summed E-state index contributed by atoms with van der Waals surface area (Å²) >= 11 is 7.77. The average Bonchev–Trinajstić information content (AvgIpc) is 2.85. The fourth-order valence-electron chi connectivity index (χ4n) is 2.40. The molecule has 1 aliphatic rings. The molecule has 0 fully saturated rings. The minimum atomic E-state index is -0.914. The van der Waals surface area contributed by atoms with E-state index in [0.717, 1.165) is 19.5 Å². The van der Waals surface area contributed by atoms with Gasteiger partial charge in [0.05, 0.1) is 11.3 Å². The van der Waals surface area contributed by atoms with Crippen LogP contribution in [0, 0.1) is 0 Å². The van der Waals surface area contributed by atoms with E-state index in [1.807, 2.05) is 0 Å². The maximum atomic E-state index is 11.3. The monoisotopic (exact) mass is 293 g/mol. The van der Waals surface area contributed by atoms with Crippen LogP contribution in [0.2, 0.25) is 5.02 Å². The summed E-state index contributed by atoms with van der Waals surface area (Å²) in [5.74, 6) is -0.914. The third-order valence-corrected chi connectivity index (χ3v) is 4.60. The van der Waals surface area contributed by atoms with Crippen LogP contribution >= 0.6 is 22.9 Å². The molecule has 0 saturated heterocycles. The number of anilines is 1. The van der Waals surface area contributed by atoms with Gasteiger partial charge < -0.3 is 10.0 Å². The molecule has 2 heterocycles. The van der Waals surface area contributed by atoms with E-state index in [-0.39, 0.29) is 0 Å². The van der Waals surface area contributed by atoms with Crippen molar-refractivity contribution in [2.24, 2.45) is 0 Å². The number of carboxylic acid groups (broad SMARTS) is 1.